The molecule has 7 heteroatoms. The zero-order valence-electron chi connectivity index (χ0n) is 16.7. The number of imidazole rings is 1. The van der Waals surface area contributed by atoms with Crippen LogP contribution >= 0.6 is 11.3 Å². The average Bonchev–Trinajstić information content (AvgIpc) is 3.23. The Labute approximate surface area is 169 Å². The van der Waals surface area contributed by atoms with Crippen molar-refractivity contribution in [3.63, 3.8) is 0 Å². The minimum absolute atomic E-state index is 0.0767. The molecule has 1 atom stereocenters. The first-order chi connectivity index (χ1) is 13.5. The number of nitrogens with one attached hydrogen (secondary N) is 1. The van der Waals surface area contributed by atoms with E-state index in [0.717, 1.165) is 48.5 Å². The van der Waals surface area contributed by atoms with Crippen LogP contribution in [0.2, 0.25) is 0 Å². The predicted octanol–water partition coefficient (Wildman–Crippen LogP) is 3.56. The molecular formula is C21H27N5OS. The second kappa shape index (κ2) is 8.01. The summed E-state index contributed by atoms with van der Waals surface area (Å²) in [6.45, 7) is 3.44. The van der Waals surface area contributed by atoms with Crippen molar-refractivity contribution in [3.8, 4) is 0 Å². The van der Waals surface area contributed by atoms with Gasteiger partial charge in [-0.2, -0.15) is 0 Å². The van der Waals surface area contributed by atoms with Crippen LogP contribution in [0.5, 0.6) is 0 Å². The lowest BCUT2D eigenvalue weighted by atomic mass is 10.1. The smallest absolute Gasteiger partial charge is 0.253 e. The van der Waals surface area contributed by atoms with Gasteiger partial charge in [0.05, 0.1) is 11.6 Å². The minimum atomic E-state index is -0.0767. The van der Waals surface area contributed by atoms with Crippen LogP contribution in [0.4, 0.5) is 0 Å². The summed E-state index contributed by atoms with van der Waals surface area (Å²) in [5, 5.41) is 5.20. The number of nitrogens with zero attached hydrogens (tertiary/aromatic N) is 4. The van der Waals surface area contributed by atoms with Gasteiger partial charge in [0.1, 0.15) is 11.3 Å². The average molecular weight is 398 g/mol. The lowest BCUT2D eigenvalue weighted by molar-refractivity contribution is 0.0943. The van der Waals surface area contributed by atoms with Gasteiger partial charge in [-0.1, -0.05) is 12.5 Å². The first-order valence-electron chi connectivity index (χ1n) is 9.89. The van der Waals surface area contributed by atoms with E-state index in [0.29, 0.717) is 12.1 Å². The van der Waals surface area contributed by atoms with Gasteiger partial charge in [0.25, 0.3) is 5.91 Å². The van der Waals surface area contributed by atoms with E-state index in [1.165, 1.54) is 11.3 Å². The van der Waals surface area contributed by atoms with E-state index >= 15 is 0 Å². The van der Waals surface area contributed by atoms with Gasteiger partial charge < -0.3 is 14.8 Å². The van der Waals surface area contributed by atoms with Crippen LogP contribution in [0.15, 0.2) is 23.6 Å². The third-order valence-corrected chi connectivity index (χ3v) is 6.36. The van der Waals surface area contributed by atoms with Gasteiger partial charge in [0.2, 0.25) is 0 Å². The summed E-state index contributed by atoms with van der Waals surface area (Å²) in [7, 11) is 4.08. The summed E-state index contributed by atoms with van der Waals surface area (Å²) < 4.78 is 2.21. The molecule has 1 aliphatic heterocycles. The molecule has 3 aromatic rings. The van der Waals surface area contributed by atoms with Crippen LogP contribution in [0.25, 0.3) is 11.2 Å². The molecule has 1 amide bonds. The van der Waals surface area contributed by atoms with E-state index in [-0.39, 0.29) is 11.9 Å². The molecule has 4 rings (SSSR count). The lowest BCUT2D eigenvalue weighted by Gasteiger charge is -2.23. The van der Waals surface area contributed by atoms with Crippen LogP contribution in [-0.4, -0.2) is 46.0 Å². The molecule has 6 nitrogen and oxygen atoms in total. The summed E-state index contributed by atoms with van der Waals surface area (Å²) in [6, 6.07) is 6.18. The standard InChI is InChI=1S/C21H27N5OS/c1-14-12-15(19-20(23-14)26-10-6-4-5-9-18(26)24-19)21(27)22-13-16(25(2)3)17-8-7-11-28-17/h7-8,11-12,16H,4-6,9-10,13H2,1-3H3,(H,22,27). The topological polar surface area (TPSA) is 63.1 Å². The van der Waals surface area contributed by atoms with E-state index in [1.54, 1.807) is 11.3 Å². The number of carbonyl (C=O) groups is 1. The Morgan fingerprint density at radius 2 is 2.18 bits per heavy atom. The second-order valence-electron chi connectivity index (χ2n) is 7.68. The lowest BCUT2D eigenvalue weighted by Crippen LogP contribution is -2.34. The van der Waals surface area contributed by atoms with Crippen LogP contribution < -0.4 is 5.32 Å². The summed E-state index contributed by atoms with van der Waals surface area (Å²) in [6.07, 6.45) is 4.46. The van der Waals surface area contributed by atoms with Crippen molar-refractivity contribution in [2.24, 2.45) is 0 Å². The number of fused-ring (bicyclic) bond motifs is 3. The van der Waals surface area contributed by atoms with Crippen molar-refractivity contribution in [3.05, 3.63) is 45.5 Å². The normalized spacial score (nSPS) is 15.4. The van der Waals surface area contributed by atoms with Gasteiger partial charge in [-0.05, 0) is 51.4 Å². The molecule has 148 valence electrons. The van der Waals surface area contributed by atoms with E-state index in [4.69, 9.17) is 9.97 Å². The first-order valence-corrected chi connectivity index (χ1v) is 10.8. The molecule has 0 aromatic carbocycles. The molecule has 1 unspecified atom stereocenters. The number of amides is 1. The SMILES string of the molecule is Cc1cc(C(=O)NCC(c2cccs2)N(C)C)c2nc3n(c2n1)CCCCC3. The highest BCUT2D eigenvalue weighted by atomic mass is 32.1. The first kappa shape index (κ1) is 19.1. The Kier molecular flexibility index (Phi) is 5.46. The van der Waals surface area contributed by atoms with Gasteiger partial charge >= 0.3 is 0 Å². The zero-order valence-corrected chi connectivity index (χ0v) is 17.6. The molecule has 1 aliphatic rings. The molecule has 0 saturated carbocycles. The fourth-order valence-electron chi connectivity index (χ4n) is 3.89. The van der Waals surface area contributed by atoms with Crippen LogP contribution in [0, 0.1) is 6.92 Å². The maximum Gasteiger partial charge on any atom is 0.253 e. The fraction of sp³-hybridized carbons (Fsp3) is 0.476. The van der Waals surface area contributed by atoms with Crippen molar-refractivity contribution in [1.82, 2.24) is 24.8 Å². The number of thiophene rings is 1. The summed E-state index contributed by atoms with van der Waals surface area (Å²) in [5.74, 6) is 0.983. The number of aromatic nitrogens is 3. The second-order valence-corrected chi connectivity index (χ2v) is 8.66. The molecule has 0 bridgehead atoms. The third kappa shape index (κ3) is 3.69. The highest BCUT2D eigenvalue weighted by molar-refractivity contribution is 7.10. The maximum atomic E-state index is 13.1. The summed E-state index contributed by atoms with van der Waals surface area (Å²) in [4.78, 5) is 26.0. The van der Waals surface area contributed by atoms with Crippen molar-refractivity contribution in [2.45, 2.75) is 45.2 Å². The van der Waals surface area contributed by atoms with E-state index in [1.807, 2.05) is 33.2 Å². The number of pyridine rings is 1. The fourth-order valence-corrected chi connectivity index (χ4v) is 4.81. The molecule has 4 heterocycles. The molecule has 0 fully saturated rings. The molecule has 0 spiro atoms. The highest BCUT2D eigenvalue weighted by Crippen LogP contribution is 2.25. The van der Waals surface area contributed by atoms with Gasteiger partial charge in [-0.25, -0.2) is 9.97 Å². The van der Waals surface area contributed by atoms with Crippen molar-refractivity contribution in [1.29, 1.82) is 0 Å². The van der Waals surface area contributed by atoms with E-state index in [2.05, 4.69) is 26.2 Å². The largest absolute Gasteiger partial charge is 0.350 e. The molecule has 0 saturated heterocycles. The number of aryl methyl sites for hydroxylation is 3. The van der Waals surface area contributed by atoms with Gasteiger partial charge in [-0.15, -0.1) is 11.3 Å². The molecule has 0 aliphatic carbocycles. The number of likely N-dealkylation sites (N-methyl/N-ethyl adjacent to an activating group) is 1. The maximum absolute atomic E-state index is 13.1. The highest BCUT2D eigenvalue weighted by Gasteiger charge is 2.22. The third-order valence-electron chi connectivity index (χ3n) is 5.39. The minimum Gasteiger partial charge on any atom is -0.350 e. The van der Waals surface area contributed by atoms with Gasteiger partial charge in [-0.3, -0.25) is 4.79 Å². The molecule has 1 N–H and O–H groups in total. The Bertz CT molecular complexity index is 977. The Hall–Kier alpha value is -2.25. The molecule has 28 heavy (non-hydrogen) atoms. The van der Waals surface area contributed by atoms with Crippen molar-refractivity contribution in [2.75, 3.05) is 20.6 Å². The van der Waals surface area contributed by atoms with Crippen molar-refractivity contribution >= 4 is 28.4 Å². The summed E-state index contributed by atoms with van der Waals surface area (Å²) >= 11 is 1.71. The Balaban J connectivity index is 1.62. The van der Waals surface area contributed by atoms with Crippen molar-refractivity contribution < 1.29 is 4.79 Å². The van der Waals surface area contributed by atoms with E-state index in [9.17, 15) is 4.79 Å². The quantitative estimate of drug-likeness (QED) is 0.715. The summed E-state index contributed by atoms with van der Waals surface area (Å²) in [5.41, 5.74) is 3.07. The Morgan fingerprint density at radius 3 is 2.93 bits per heavy atom. The molecule has 0 radical (unpaired) electrons. The number of rotatable bonds is 5. The van der Waals surface area contributed by atoms with E-state index < -0.39 is 0 Å². The zero-order chi connectivity index (χ0) is 19.7. The number of hydrogen-bond donors (Lipinski definition) is 1. The Morgan fingerprint density at radius 1 is 1.32 bits per heavy atom. The van der Waals surface area contributed by atoms with Gasteiger partial charge in [0, 0.05) is 30.1 Å². The van der Waals surface area contributed by atoms with Crippen LogP contribution in [-0.2, 0) is 13.0 Å². The number of hydrogen-bond acceptors (Lipinski definition) is 5. The molecule has 3 aromatic heterocycles. The van der Waals surface area contributed by atoms with Gasteiger partial charge in [0.15, 0.2) is 5.65 Å². The van der Waals surface area contributed by atoms with Crippen LogP contribution in [0.3, 0.4) is 0 Å². The number of carbonyl (C=O) groups excluding carboxylic acids is 1. The molecular weight excluding hydrogens is 370 g/mol. The predicted molar refractivity (Wildman–Crippen MR) is 113 cm³/mol. The van der Waals surface area contributed by atoms with Crippen LogP contribution in [0.1, 0.15) is 52.1 Å². The monoisotopic (exact) mass is 397 g/mol.